The van der Waals surface area contributed by atoms with Gasteiger partial charge in [0.05, 0.1) is 5.52 Å². The normalized spacial score (nSPS) is 12.9. The Morgan fingerprint density at radius 2 is 2.31 bits per heavy atom. The number of hydrogen-bond donors (Lipinski definition) is 3. The van der Waals surface area contributed by atoms with Gasteiger partial charge in [0.25, 0.3) is 0 Å². The maximum Gasteiger partial charge on any atom is 0.320 e. The number of carboxylic acid groups (broad SMARTS) is 1. The molecule has 1 atom stereocenters. The first-order valence-corrected chi connectivity index (χ1v) is 4.82. The zero-order valence-corrected chi connectivity index (χ0v) is 8.40. The number of rotatable bonds is 3. The fraction of sp³-hybridized carbons (Fsp3) is 0.182. The Morgan fingerprint density at radius 3 is 3.00 bits per heavy atom. The average molecular weight is 222 g/mol. The summed E-state index contributed by atoms with van der Waals surface area (Å²) < 4.78 is 13.3. The molecule has 2 rings (SSSR count). The molecule has 1 aromatic carbocycles. The lowest BCUT2D eigenvalue weighted by Crippen LogP contribution is -2.32. The van der Waals surface area contributed by atoms with E-state index < -0.39 is 12.0 Å². The van der Waals surface area contributed by atoms with Crippen LogP contribution in [0.4, 0.5) is 4.39 Å². The minimum atomic E-state index is -1.06. The van der Waals surface area contributed by atoms with Gasteiger partial charge in [-0.3, -0.25) is 4.79 Å². The summed E-state index contributed by atoms with van der Waals surface area (Å²) in [5, 5.41) is 9.38. The molecule has 0 amide bonds. The molecule has 0 radical (unpaired) electrons. The van der Waals surface area contributed by atoms with Crippen molar-refractivity contribution in [2.45, 2.75) is 12.5 Å². The van der Waals surface area contributed by atoms with Crippen LogP contribution in [0.25, 0.3) is 10.9 Å². The topological polar surface area (TPSA) is 79.1 Å². The standard InChI is InChI=1S/C11H11FN2O2/c12-8-3-1-2-7-6(5-14-10(7)8)4-9(13)11(15)16/h1-3,5,9,14H,4,13H2,(H,15,16)/t9-/m1/s1. The molecule has 0 spiro atoms. The van der Waals surface area contributed by atoms with E-state index in [-0.39, 0.29) is 12.2 Å². The molecule has 0 fully saturated rings. The average Bonchev–Trinajstić information content (AvgIpc) is 2.63. The highest BCUT2D eigenvalue weighted by atomic mass is 19.1. The Bertz CT molecular complexity index is 536. The summed E-state index contributed by atoms with van der Waals surface area (Å²) in [7, 11) is 0. The van der Waals surface area contributed by atoms with Crippen LogP contribution in [0.1, 0.15) is 5.56 Å². The van der Waals surface area contributed by atoms with E-state index in [0.717, 1.165) is 0 Å². The van der Waals surface area contributed by atoms with Crippen LogP contribution in [0, 0.1) is 5.82 Å². The molecule has 4 nitrogen and oxygen atoms in total. The number of H-pyrrole nitrogens is 1. The van der Waals surface area contributed by atoms with Crippen LogP contribution in [-0.2, 0) is 11.2 Å². The summed E-state index contributed by atoms with van der Waals surface area (Å²) in [6.07, 6.45) is 1.77. The Kier molecular flexibility index (Phi) is 2.62. The van der Waals surface area contributed by atoms with Crippen LogP contribution in [0.5, 0.6) is 0 Å². The highest BCUT2D eigenvalue weighted by Gasteiger charge is 2.15. The zero-order chi connectivity index (χ0) is 11.7. The largest absolute Gasteiger partial charge is 0.480 e. The van der Waals surface area contributed by atoms with Crippen LogP contribution >= 0.6 is 0 Å². The van der Waals surface area contributed by atoms with Crippen LogP contribution in [0.15, 0.2) is 24.4 Å². The van der Waals surface area contributed by atoms with E-state index >= 15 is 0 Å². The van der Waals surface area contributed by atoms with E-state index in [2.05, 4.69) is 4.98 Å². The van der Waals surface area contributed by atoms with Gasteiger partial charge in [0.2, 0.25) is 0 Å². The summed E-state index contributed by atoms with van der Waals surface area (Å²) in [5.41, 5.74) is 6.53. The Labute approximate surface area is 90.9 Å². The molecule has 0 unspecified atom stereocenters. The molecule has 0 saturated heterocycles. The van der Waals surface area contributed by atoms with Crippen molar-refractivity contribution in [3.8, 4) is 0 Å². The number of fused-ring (bicyclic) bond motifs is 1. The maximum absolute atomic E-state index is 13.3. The quantitative estimate of drug-likeness (QED) is 0.731. The molecule has 4 N–H and O–H groups in total. The van der Waals surface area contributed by atoms with Gasteiger partial charge in [-0.15, -0.1) is 0 Å². The second-order valence-electron chi connectivity index (χ2n) is 3.63. The fourth-order valence-corrected chi connectivity index (χ4v) is 1.67. The van der Waals surface area contributed by atoms with Crippen molar-refractivity contribution in [3.63, 3.8) is 0 Å². The SMILES string of the molecule is N[C@H](Cc1c[nH]c2c(F)cccc12)C(=O)O. The van der Waals surface area contributed by atoms with E-state index in [9.17, 15) is 9.18 Å². The predicted molar refractivity (Wildman–Crippen MR) is 57.6 cm³/mol. The summed E-state index contributed by atoms with van der Waals surface area (Å²) in [6, 6.07) is 3.70. The van der Waals surface area contributed by atoms with E-state index in [1.54, 1.807) is 18.3 Å². The number of benzene rings is 1. The number of nitrogens with one attached hydrogen (secondary N) is 1. The van der Waals surface area contributed by atoms with Gasteiger partial charge in [0.1, 0.15) is 11.9 Å². The van der Waals surface area contributed by atoms with Gasteiger partial charge in [-0.25, -0.2) is 4.39 Å². The molecular weight excluding hydrogens is 211 g/mol. The number of hydrogen-bond acceptors (Lipinski definition) is 2. The smallest absolute Gasteiger partial charge is 0.320 e. The number of nitrogens with two attached hydrogens (primary N) is 1. The third kappa shape index (κ3) is 1.77. The van der Waals surface area contributed by atoms with Crippen LogP contribution in [0.3, 0.4) is 0 Å². The second-order valence-corrected chi connectivity index (χ2v) is 3.63. The van der Waals surface area contributed by atoms with Crippen molar-refractivity contribution in [2.75, 3.05) is 0 Å². The lowest BCUT2D eigenvalue weighted by Gasteiger charge is -2.04. The molecule has 0 aliphatic heterocycles. The van der Waals surface area contributed by atoms with Gasteiger partial charge in [0.15, 0.2) is 0 Å². The van der Waals surface area contributed by atoms with Crippen molar-refractivity contribution in [3.05, 3.63) is 35.8 Å². The number of halogens is 1. The first-order chi connectivity index (χ1) is 7.59. The van der Waals surface area contributed by atoms with Crippen molar-refractivity contribution in [1.29, 1.82) is 0 Å². The fourth-order valence-electron chi connectivity index (χ4n) is 1.67. The Morgan fingerprint density at radius 1 is 1.56 bits per heavy atom. The monoisotopic (exact) mass is 222 g/mol. The van der Waals surface area contributed by atoms with E-state index in [1.807, 2.05) is 0 Å². The first-order valence-electron chi connectivity index (χ1n) is 4.82. The highest BCUT2D eigenvalue weighted by molar-refractivity contribution is 5.84. The third-order valence-electron chi connectivity index (χ3n) is 2.51. The molecule has 1 aromatic heterocycles. The van der Waals surface area contributed by atoms with Crippen LogP contribution in [0.2, 0.25) is 0 Å². The van der Waals surface area contributed by atoms with Gasteiger partial charge in [-0.2, -0.15) is 0 Å². The minimum Gasteiger partial charge on any atom is -0.480 e. The molecule has 2 aromatic rings. The van der Waals surface area contributed by atoms with Crippen molar-refractivity contribution in [1.82, 2.24) is 4.98 Å². The minimum absolute atomic E-state index is 0.179. The van der Waals surface area contributed by atoms with Crippen molar-refractivity contribution in [2.24, 2.45) is 5.73 Å². The van der Waals surface area contributed by atoms with Gasteiger partial charge in [0, 0.05) is 18.0 Å². The number of carboxylic acids is 1. The lowest BCUT2D eigenvalue weighted by atomic mass is 10.1. The number of aliphatic carboxylic acids is 1. The van der Waals surface area contributed by atoms with Crippen molar-refractivity contribution >= 4 is 16.9 Å². The zero-order valence-electron chi connectivity index (χ0n) is 8.40. The number of carbonyl (C=O) groups is 1. The lowest BCUT2D eigenvalue weighted by molar-refractivity contribution is -0.138. The molecule has 0 aliphatic rings. The second kappa shape index (κ2) is 3.94. The molecular formula is C11H11FN2O2. The summed E-state index contributed by atoms with van der Waals surface area (Å²) in [5.74, 6) is -1.42. The number of aromatic amines is 1. The molecule has 0 saturated carbocycles. The molecule has 0 bridgehead atoms. The molecule has 0 aliphatic carbocycles. The van der Waals surface area contributed by atoms with E-state index in [0.29, 0.717) is 16.5 Å². The number of para-hydroxylation sites is 1. The van der Waals surface area contributed by atoms with Gasteiger partial charge >= 0.3 is 5.97 Å². The van der Waals surface area contributed by atoms with Gasteiger partial charge in [-0.1, -0.05) is 12.1 Å². The molecule has 16 heavy (non-hydrogen) atoms. The first kappa shape index (κ1) is 10.6. The number of aromatic nitrogens is 1. The van der Waals surface area contributed by atoms with Crippen molar-refractivity contribution < 1.29 is 14.3 Å². The molecule has 1 heterocycles. The highest BCUT2D eigenvalue weighted by Crippen LogP contribution is 2.21. The van der Waals surface area contributed by atoms with Crippen LogP contribution in [-0.4, -0.2) is 22.1 Å². The van der Waals surface area contributed by atoms with Crippen LogP contribution < -0.4 is 5.73 Å². The summed E-state index contributed by atoms with van der Waals surface area (Å²) >= 11 is 0. The van der Waals surface area contributed by atoms with Gasteiger partial charge < -0.3 is 15.8 Å². The van der Waals surface area contributed by atoms with E-state index in [1.165, 1.54) is 6.07 Å². The maximum atomic E-state index is 13.3. The molecule has 84 valence electrons. The van der Waals surface area contributed by atoms with Gasteiger partial charge in [-0.05, 0) is 11.6 Å². The summed E-state index contributed by atoms with van der Waals surface area (Å²) in [4.78, 5) is 13.4. The Balaban J connectivity index is 2.39. The summed E-state index contributed by atoms with van der Waals surface area (Å²) in [6.45, 7) is 0. The molecule has 5 heteroatoms. The third-order valence-corrected chi connectivity index (χ3v) is 2.51. The predicted octanol–water partition coefficient (Wildman–Crippen LogP) is 1.26. The van der Waals surface area contributed by atoms with E-state index in [4.69, 9.17) is 10.8 Å². The Hall–Kier alpha value is -1.88.